The van der Waals surface area contributed by atoms with Crippen LogP contribution in [-0.2, 0) is 21.4 Å². The van der Waals surface area contributed by atoms with Gasteiger partial charge in [-0.1, -0.05) is 18.2 Å². The van der Waals surface area contributed by atoms with E-state index in [2.05, 4.69) is 0 Å². The summed E-state index contributed by atoms with van der Waals surface area (Å²) < 4.78 is 49.5. The number of piperazine rings is 1. The Morgan fingerprint density at radius 3 is 2.52 bits per heavy atom. The van der Waals surface area contributed by atoms with Crippen LogP contribution in [0.2, 0.25) is 0 Å². The zero-order valence-electron chi connectivity index (χ0n) is 18.7. The Bertz CT molecular complexity index is 1040. The Morgan fingerprint density at radius 2 is 1.76 bits per heavy atom. The Kier molecular flexibility index (Phi) is 7.71. The summed E-state index contributed by atoms with van der Waals surface area (Å²) in [5.41, 5.74) is 0.921. The fourth-order valence-corrected chi connectivity index (χ4v) is 5.40. The molecular weight excluding hydrogens is 448 g/mol. The van der Waals surface area contributed by atoms with E-state index in [1.807, 2.05) is 29.2 Å². The van der Waals surface area contributed by atoms with Crippen LogP contribution in [0.1, 0.15) is 5.56 Å². The molecule has 0 bridgehead atoms. The van der Waals surface area contributed by atoms with Gasteiger partial charge in [0.1, 0.15) is 19.0 Å². The molecule has 0 aromatic heterocycles. The number of β-amino-alcohol motifs (C(OH)–C–C–N with tert-alkyl or cyclic N) is 1. The lowest BCUT2D eigenvalue weighted by Crippen LogP contribution is -2.50. The summed E-state index contributed by atoms with van der Waals surface area (Å²) in [6.07, 6.45) is -0.666. The van der Waals surface area contributed by atoms with E-state index in [1.54, 1.807) is 19.2 Å². The molecule has 10 heteroatoms. The maximum atomic E-state index is 13.1. The van der Waals surface area contributed by atoms with Gasteiger partial charge in [0.2, 0.25) is 10.0 Å². The van der Waals surface area contributed by atoms with Crippen molar-refractivity contribution in [2.45, 2.75) is 17.6 Å². The molecule has 2 heterocycles. The third-order valence-corrected chi connectivity index (χ3v) is 7.61. The van der Waals surface area contributed by atoms with Gasteiger partial charge < -0.3 is 24.1 Å². The molecule has 1 fully saturated rings. The predicted molar refractivity (Wildman–Crippen MR) is 121 cm³/mol. The van der Waals surface area contributed by atoms with Gasteiger partial charge in [-0.2, -0.15) is 4.31 Å². The molecule has 0 radical (unpaired) electrons. The molecule has 0 spiro atoms. The second-order valence-electron chi connectivity index (χ2n) is 7.99. The number of para-hydroxylation sites is 1. The van der Waals surface area contributed by atoms with E-state index in [-0.39, 0.29) is 11.5 Å². The van der Waals surface area contributed by atoms with Gasteiger partial charge in [0, 0.05) is 44.4 Å². The quantitative estimate of drug-likeness (QED) is 0.577. The molecule has 2 aliphatic rings. The third kappa shape index (κ3) is 5.77. The average molecular weight is 479 g/mol. The Balaban J connectivity index is 1.24. The van der Waals surface area contributed by atoms with Crippen LogP contribution >= 0.6 is 0 Å². The number of aliphatic hydroxyl groups is 1. The van der Waals surface area contributed by atoms with E-state index in [9.17, 15) is 13.5 Å². The van der Waals surface area contributed by atoms with E-state index < -0.39 is 16.1 Å². The van der Waals surface area contributed by atoms with Crippen molar-refractivity contribution >= 4 is 10.0 Å². The lowest BCUT2D eigenvalue weighted by Gasteiger charge is -2.35. The number of hydrogen-bond donors (Lipinski definition) is 1. The maximum absolute atomic E-state index is 13.1. The highest BCUT2D eigenvalue weighted by Gasteiger charge is 2.30. The minimum absolute atomic E-state index is 0.188. The summed E-state index contributed by atoms with van der Waals surface area (Å²) >= 11 is 0. The highest BCUT2D eigenvalue weighted by Crippen LogP contribution is 2.33. The van der Waals surface area contributed by atoms with Gasteiger partial charge in [0.15, 0.2) is 11.5 Å². The fraction of sp³-hybridized carbons (Fsp3) is 0.478. The van der Waals surface area contributed by atoms with Crippen LogP contribution in [0.3, 0.4) is 0 Å². The zero-order valence-corrected chi connectivity index (χ0v) is 19.5. The Labute approximate surface area is 194 Å². The molecule has 1 atom stereocenters. The summed E-state index contributed by atoms with van der Waals surface area (Å²) in [6.45, 7) is 3.59. The minimum Gasteiger partial charge on any atom is -0.496 e. The van der Waals surface area contributed by atoms with E-state index in [4.69, 9.17) is 18.9 Å². The molecule has 2 aliphatic heterocycles. The first kappa shape index (κ1) is 23.8. The van der Waals surface area contributed by atoms with Crippen LogP contribution in [0.15, 0.2) is 47.4 Å². The molecular formula is C23H30N2O7S. The molecule has 0 aliphatic carbocycles. The molecule has 2 aromatic rings. The molecule has 9 nitrogen and oxygen atoms in total. The Morgan fingerprint density at radius 1 is 1.03 bits per heavy atom. The molecule has 1 N–H and O–H groups in total. The first-order valence-corrected chi connectivity index (χ1v) is 12.4. The van der Waals surface area contributed by atoms with Crippen molar-refractivity contribution in [3.8, 4) is 17.2 Å². The van der Waals surface area contributed by atoms with Crippen molar-refractivity contribution in [1.29, 1.82) is 0 Å². The molecule has 0 unspecified atom stereocenters. The first-order valence-electron chi connectivity index (χ1n) is 11.0. The van der Waals surface area contributed by atoms with Crippen molar-refractivity contribution in [1.82, 2.24) is 9.21 Å². The smallest absolute Gasteiger partial charge is 0.243 e. The highest BCUT2D eigenvalue weighted by molar-refractivity contribution is 7.89. The summed E-state index contributed by atoms with van der Waals surface area (Å²) in [4.78, 5) is 2.25. The second kappa shape index (κ2) is 10.7. The van der Waals surface area contributed by atoms with Crippen LogP contribution in [0.25, 0.3) is 0 Å². The number of hydrogen-bond acceptors (Lipinski definition) is 8. The predicted octanol–water partition coefficient (Wildman–Crippen LogP) is 1.35. The molecule has 4 rings (SSSR count). The van der Waals surface area contributed by atoms with Crippen LogP contribution < -0.4 is 14.2 Å². The van der Waals surface area contributed by atoms with E-state index >= 15 is 0 Å². The monoisotopic (exact) mass is 478 g/mol. The molecule has 2 aromatic carbocycles. The van der Waals surface area contributed by atoms with Crippen molar-refractivity contribution in [2.75, 3.05) is 59.7 Å². The van der Waals surface area contributed by atoms with E-state index in [1.165, 1.54) is 10.4 Å². The standard InChI is InChI=1S/C23H30N2O7S/c1-29-21-5-3-2-4-18(21)16-30-17-19(26)15-24-8-10-25(11-9-24)33(27,28)20-6-7-22-23(14-20)32-13-12-31-22/h2-7,14,19,26H,8-13,15-17H2,1H3/t19-/m1/s1. The van der Waals surface area contributed by atoms with Crippen molar-refractivity contribution in [3.63, 3.8) is 0 Å². The SMILES string of the molecule is COc1ccccc1COC[C@H](O)CN1CCN(S(=O)(=O)c2ccc3c(c2)OCCO3)CC1. The molecule has 33 heavy (non-hydrogen) atoms. The van der Waals surface area contributed by atoms with Crippen molar-refractivity contribution in [2.24, 2.45) is 0 Å². The van der Waals surface area contributed by atoms with Gasteiger partial charge in [-0.05, 0) is 18.2 Å². The summed E-state index contributed by atoms with van der Waals surface area (Å²) in [5.74, 6) is 1.77. The number of ether oxygens (including phenoxy) is 4. The lowest BCUT2D eigenvalue weighted by atomic mass is 10.2. The maximum Gasteiger partial charge on any atom is 0.243 e. The fourth-order valence-electron chi connectivity index (χ4n) is 3.96. The van der Waals surface area contributed by atoms with E-state index in [0.717, 1.165) is 11.3 Å². The van der Waals surface area contributed by atoms with Gasteiger partial charge in [0.05, 0.1) is 31.3 Å². The van der Waals surface area contributed by atoms with E-state index in [0.29, 0.717) is 64.0 Å². The van der Waals surface area contributed by atoms with Crippen LogP contribution in [0.4, 0.5) is 0 Å². The number of rotatable bonds is 9. The Hall–Kier alpha value is -2.37. The van der Waals surface area contributed by atoms with Gasteiger partial charge in [-0.3, -0.25) is 4.90 Å². The van der Waals surface area contributed by atoms with Crippen LogP contribution in [0.5, 0.6) is 17.2 Å². The van der Waals surface area contributed by atoms with Gasteiger partial charge in [-0.15, -0.1) is 0 Å². The summed E-state index contributed by atoms with van der Waals surface area (Å²) in [7, 11) is -2.01. The summed E-state index contributed by atoms with van der Waals surface area (Å²) in [5, 5.41) is 10.4. The topological polar surface area (TPSA) is 97.8 Å². The lowest BCUT2D eigenvalue weighted by molar-refractivity contribution is 0.00494. The normalized spacial score (nSPS) is 18.1. The molecule has 0 saturated carbocycles. The minimum atomic E-state index is -3.63. The van der Waals surface area contributed by atoms with Gasteiger partial charge in [-0.25, -0.2) is 8.42 Å². The molecule has 180 valence electrons. The van der Waals surface area contributed by atoms with Gasteiger partial charge >= 0.3 is 0 Å². The molecule has 0 amide bonds. The zero-order chi connectivity index (χ0) is 23.3. The number of fused-ring (bicyclic) bond motifs is 1. The second-order valence-corrected chi connectivity index (χ2v) is 9.93. The van der Waals surface area contributed by atoms with Crippen LogP contribution in [-0.4, -0.2) is 88.5 Å². The highest BCUT2D eigenvalue weighted by atomic mass is 32.2. The van der Waals surface area contributed by atoms with Gasteiger partial charge in [0.25, 0.3) is 0 Å². The number of sulfonamides is 1. The average Bonchev–Trinajstić information content (AvgIpc) is 2.84. The number of benzene rings is 2. The van der Waals surface area contributed by atoms with Crippen molar-refractivity contribution < 1.29 is 32.5 Å². The largest absolute Gasteiger partial charge is 0.496 e. The van der Waals surface area contributed by atoms with Crippen LogP contribution in [0, 0.1) is 0 Å². The first-order chi connectivity index (χ1) is 16.0. The summed E-state index contributed by atoms with van der Waals surface area (Å²) in [6, 6.07) is 12.3. The third-order valence-electron chi connectivity index (χ3n) is 5.71. The number of aliphatic hydroxyl groups excluding tert-OH is 1. The van der Waals surface area contributed by atoms with Crippen molar-refractivity contribution in [3.05, 3.63) is 48.0 Å². The number of methoxy groups -OCH3 is 1. The number of nitrogens with zero attached hydrogens (tertiary/aromatic N) is 2. The molecule has 1 saturated heterocycles.